The summed E-state index contributed by atoms with van der Waals surface area (Å²) in [7, 11) is 1.48. The SMILES string of the molecule is COc1ccc(C[C@@H](NC(=O)/C=C/C[C@H](O)[C@H](C)/C=C/c2c(C)noc2C)C(=O)NC[C@@H](C)C(=O)O[C@@H](CC(C)C)C(=O)SCCNC(C)=O)cc1Cl. The van der Waals surface area contributed by atoms with E-state index in [2.05, 4.69) is 21.1 Å². The normalized spacial score (nSPS) is 14.4. The molecule has 53 heavy (non-hydrogen) atoms. The second-order valence-corrected chi connectivity index (χ2v) is 14.8. The number of aliphatic hydroxyl groups is 1. The standard InChI is InChI=1S/C38H53ClN4O9S/c1-22(2)18-34(38(49)53-17-16-40-27(7)44)51-37(48)24(4)21-41-36(47)31(20-28-13-15-33(50-8)30(39)19-28)42-35(46)11-9-10-32(45)23(3)12-14-29-25(5)43-52-26(29)6/h9,11-15,19,22-24,31-32,34,45H,10,16-18,20-21H2,1-8H3,(H,40,44)(H,41,47)(H,42,46)/b11-9+,14-12+/t23-,24-,31-,32+,34+/m1/s1. The molecule has 0 radical (unpaired) electrons. The highest BCUT2D eigenvalue weighted by Gasteiger charge is 2.28. The van der Waals surface area contributed by atoms with E-state index in [0.717, 1.165) is 23.0 Å². The number of esters is 1. The number of aliphatic hydroxyl groups excluding tert-OH is 1. The molecular formula is C38H53ClN4O9S. The van der Waals surface area contributed by atoms with Gasteiger partial charge in [-0.05, 0) is 56.4 Å². The number of methoxy groups -OCH3 is 1. The highest BCUT2D eigenvalue weighted by Crippen LogP contribution is 2.26. The molecule has 0 fully saturated rings. The van der Waals surface area contributed by atoms with E-state index < -0.39 is 42.0 Å². The van der Waals surface area contributed by atoms with Crippen LogP contribution in [-0.2, 0) is 35.1 Å². The maximum Gasteiger partial charge on any atom is 0.311 e. The molecule has 2 aromatic rings. The maximum absolute atomic E-state index is 13.5. The number of rotatable bonds is 21. The summed E-state index contributed by atoms with van der Waals surface area (Å²) in [6, 6.07) is 3.96. The van der Waals surface area contributed by atoms with Gasteiger partial charge in [-0.15, -0.1) is 0 Å². The summed E-state index contributed by atoms with van der Waals surface area (Å²) in [4.78, 5) is 63.5. The summed E-state index contributed by atoms with van der Waals surface area (Å²) in [5.41, 5.74) is 2.24. The van der Waals surface area contributed by atoms with Crippen LogP contribution in [0.2, 0.25) is 5.02 Å². The van der Waals surface area contributed by atoms with Crippen LogP contribution in [0, 0.1) is 31.6 Å². The number of thioether (sulfide) groups is 1. The molecule has 0 aliphatic carbocycles. The van der Waals surface area contributed by atoms with Gasteiger partial charge in [-0.25, -0.2) is 0 Å². The number of hydrogen-bond acceptors (Lipinski definition) is 11. The van der Waals surface area contributed by atoms with E-state index >= 15 is 0 Å². The van der Waals surface area contributed by atoms with Gasteiger partial charge in [-0.2, -0.15) is 0 Å². The third-order valence-corrected chi connectivity index (χ3v) is 9.36. The fourth-order valence-corrected chi connectivity index (χ4v) is 5.96. The van der Waals surface area contributed by atoms with Gasteiger partial charge in [0, 0.05) is 43.7 Å². The van der Waals surface area contributed by atoms with E-state index in [9.17, 15) is 29.1 Å². The first kappa shape index (κ1) is 45.0. The van der Waals surface area contributed by atoms with Gasteiger partial charge in [0.05, 0.1) is 29.8 Å². The van der Waals surface area contributed by atoms with Crippen LogP contribution in [0.1, 0.15) is 70.0 Å². The van der Waals surface area contributed by atoms with E-state index in [1.165, 1.54) is 26.2 Å². The number of carbonyl (C=O) groups excluding carboxylic acids is 5. The smallest absolute Gasteiger partial charge is 0.311 e. The van der Waals surface area contributed by atoms with Crippen molar-refractivity contribution in [1.82, 2.24) is 21.1 Å². The van der Waals surface area contributed by atoms with E-state index in [-0.39, 0.29) is 42.2 Å². The molecule has 0 aliphatic rings. The summed E-state index contributed by atoms with van der Waals surface area (Å²) in [5.74, 6) is -1.51. The zero-order chi connectivity index (χ0) is 39.7. The Morgan fingerprint density at radius 3 is 2.42 bits per heavy atom. The van der Waals surface area contributed by atoms with Gasteiger partial charge in [-0.1, -0.05) is 80.5 Å². The lowest BCUT2D eigenvalue weighted by atomic mass is 10.00. The average molecular weight is 777 g/mol. The third-order valence-electron chi connectivity index (χ3n) is 8.11. The fraction of sp³-hybridized carbons (Fsp3) is 0.526. The van der Waals surface area contributed by atoms with Crippen molar-refractivity contribution in [1.29, 1.82) is 0 Å². The molecule has 0 aliphatic heterocycles. The summed E-state index contributed by atoms with van der Waals surface area (Å²) in [5, 5.41) is 22.6. The monoisotopic (exact) mass is 776 g/mol. The minimum Gasteiger partial charge on any atom is -0.495 e. The molecule has 0 saturated heterocycles. The molecule has 0 saturated carbocycles. The van der Waals surface area contributed by atoms with Gasteiger partial charge < -0.3 is 35.1 Å². The molecule has 3 amide bonds. The molecule has 5 atom stereocenters. The number of nitrogens with zero attached hydrogens (tertiary/aromatic N) is 1. The van der Waals surface area contributed by atoms with E-state index in [4.69, 9.17) is 25.6 Å². The number of carbonyl (C=O) groups is 5. The van der Waals surface area contributed by atoms with Gasteiger partial charge in [-0.3, -0.25) is 24.0 Å². The summed E-state index contributed by atoms with van der Waals surface area (Å²) < 4.78 is 16.0. The highest BCUT2D eigenvalue weighted by atomic mass is 35.5. The number of nitrogens with one attached hydrogen (secondary N) is 3. The van der Waals surface area contributed by atoms with Crippen molar-refractivity contribution in [3.05, 3.63) is 64.0 Å². The molecular weight excluding hydrogens is 724 g/mol. The lowest BCUT2D eigenvalue weighted by Crippen LogP contribution is -2.49. The van der Waals surface area contributed by atoms with Gasteiger partial charge in [0.2, 0.25) is 22.8 Å². The molecule has 1 aromatic heterocycles. The van der Waals surface area contributed by atoms with Gasteiger partial charge in [0.15, 0.2) is 6.10 Å². The number of aromatic nitrogens is 1. The minimum atomic E-state index is -1.06. The molecule has 0 unspecified atom stereocenters. The quantitative estimate of drug-likeness (QED) is 0.0780. The van der Waals surface area contributed by atoms with Crippen molar-refractivity contribution in [2.24, 2.45) is 17.8 Å². The van der Waals surface area contributed by atoms with E-state index in [1.807, 2.05) is 46.8 Å². The van der Waals surface area contributed by atoms with Crippen molar-refractivity contribution in [3.63, 3.8) is 0 Å². The van der Waals surface area contributed by atoms with Gasteiger partial charge >= 0.3 is 5.97 Å². The fourth-order valence-electron chi connectivity index (χ4n) is 4.94. The summed E-state index contributed by atoms with van der Waals surface area (Å²) in [6.45, 7) is 12.4. The number of benzene rings is 1. The van der Waals surface area contributed by atoms with E-state index in [0.29, 0.717) is 40.8 Å². The summed E-state index contributed by atoms with van der Waals surface area (Å²) in [6.07, 6.45) is 5.29. The second kappa shape index (κ2) is 22.8. The minimum absolute atomic E-state index is 0.0650. The van der Waals surface area contributed by atoms with Crippen molar-refractivity contribution < 1.29 is 43.1 Å². The number of hydrogen-bond donors (Lipinski definition) is 4. The van der Waals surface area contributed by atoms with Crippen LogP contribution in [0.3, 0.4) is 0 Å². The Kier molecular flexibility index (Phi) is 19.4. The van der Waals surface area contributed by atoms with Crippen molar-refractivity contribution >= 4 is 58.2 Å². The van der Waals surface area contributed by atoms with Crippen LogP contribution in [0.5, 0.6) is 5.75 Å². The van der Waals surface area contributed by atoms with Crippen molar-refractivity contribution in [2.75, 3.05) is 26.0 Å². The first-order chi connectivity index (χ1) is 25.0. The molecule has 1 aromatic carbocycles. The number of ether oxygens (including phenoxy) is 2. The Morgan fingerprint density at radius 2 is 1.81 bits per heavy atom. The third kappa shape index (κ3) is 16.2. The Hall–Kier alpha value is -4.14. The Labute approximate surface area is 321 Å². The highest BCUT2D eigenvalue weighted by molar-refractivity contribution is 8.13. The first-order valence-corrected chi connectivity index (χ1v) is 18.9. The lowest BCUT2D eigenvalue weighted by molar-refractivity contribution is -0.157. The number of amides is 3. The molecule has 1 heterocycles. The molecule has 0 bridgehead atoms. The van der Waals surface area contributed by atoms with Crippen LogP contribution >= 0.6 is 23.4 Å². The molecule has 292 valence electrons. The zero-order valence-corrected chi connectivity index (χ0v) is 33.3. The average Bonchev–Trinajstić information content (AvgIpc) is 3.42. The maximum atomic E-state index is 13.5. The van der Waals surface area contributed by atoms with Crippen molar-refractivity contribution in [3.8, 4) is 5.75 Å². The first-order valence-electron chi connectivity index (χ1n) is 17.5. The van der Waals surface area contributed by atoms with Crippen LogP contribution in [-0.4, -0.2) is 83.3 Å². The van der Waals surface area contributed by atoms with E-state index in [1.54, 1.807) is 25.1 Å². The van der Waals surface area contributed by atoms with Crippen LogP contribution in [0.15, 0.2) is 41.0 Å². The van der Waals surface area contributed by atoms with Crippen molar-refractivity contribution in [2.45, 2.75) is 86.0 Å². The van der Waals surface area contributed by atoms with Gasteiger partial charge in [0.25, 0.3) is 0 Å². The van der Waals surface area contributed by atoms with Crippen LogP contribution < -0.4 is 20.7 Å². The predicted octanol–water partition coefficient (Wildman–Crippen LogP) is 4.74. The lowest BCUT2D eigenvalue weighted by Gasteiger charge is -2.22. The molecule has 2 rings (SSSR count). The number of halogens is 1. The molecule has 0 spiro atoms. The number of aryl methyl sites for hydroxylation is 2. The predicted molar refractivity (Wildman–Crippen MR) is 205 cm³/mol. The molecule has 4 N–H and O–H groups in total. The van der Waals surface area contributed by atoms with Crippen LogP contribution in [0.25, 0.3) is 6.08 Å². The zero-order valence-electron chi connectivity index (χ0n) is 31.7. The molecule has 15 heteroatoms. The molecule has 13 nitrogen and oxygen atoms in total. The second-order valence-electron chi connectivity index (χ2n) is 13.2. The Balaban J connectivity index is 2.07. The van der Waals surface area contributed by atoms with Crippen LogP contribution in [0.4, 0.5) is 0 Å². The Bertz CT molecular complexity index is 1590. The summed E-state index contributed by atoms with van der Waals surface area (Å²) >= 11 is 7.29. The van der Waals surface area contributed by atoms with Gasteiger partial charge in [0.1, 0.15) is 17.6 Å². The topological polar surface area (TPSA) is 186 Å². The Morgan fingerprint density at radius 1 is 1.09 bits per heavy atom. The largest absolute Gasteiger partial charge is 0.495 e.